The van der Waals surface area contributed by atoms with Gasteiger partial charge < -0.3 is 60.0 Å². The zero-order chi connectivity index (χ0) is 9.98. The Labute approximate surface area is 117 Å². The van der Waals surface area contributed by atoms with Crippen LogP contribution in [-0.4, -0.2) is 22.7 Å². The van der Waals surface area contributed by atoms with E-state index in [0.29, 0.717) is 13.2 Å². The van der Waals surface area contributed by atoms with Crippen LogP contribution >= 0.6 is 0 Å². The van der Waals surface area contributed by atoms with Crippen LogP contribution in [0.3, 0.4) is 0 Å². The summed E-state index contributed by atoms with van der Waals surface area (Å²) in [6.07, 6.45) is 0. The van der Waals surface area contributed by atoms with Crippen molar-refractivity contribution in [3.8, 4) is 0 Å². The van der Waals surface area contributed by atoms with Gasteiger partial charge in [-0.1, -0.05) is 0 Å². The Morgan fingerprint density at radius 1 is 0.846 bits per heavy atom. The molecule has 0 aromatic carbocycles. The molecule has 7 heteroatoms. The maximum absolute atomic E-state index is 4.67. The van der Waals surface area contributed by atoms with E-state index in [1.165, 1.54) is 0 Å². The largest absolute Gasteiger partial charge is 4.00 e. The van der Waals surface area contributed by atoms with Gasteiger partial charge in [0.2, 0.25) is 0 Å². The zero-order valence-electron chi connectivity index (χ0n) is 7.33. The SMILES string of the molecule is CCOC([S-])[S-].CCOC([S-])[S-].[Pt+4]. The van der Waals surface area contributed by atoms with Gasteiger partial charge in [-0.15, -0.1) is 0 Å². The molecular weight excluding hydrogens is 427 g/mol. The quantitative estimate of drug-likeness (QED) is 0.599. The van der Waals surface area contributed by atoms with Crippen LogP contribution in [0.2, 0.25) is 0 Å². The molecular formula is C6H12O2PtS4. The van der Waals surface area contributed by atoms with Crippen LogP contribution in [0.25, 0.3) is 0 Å². The summed E-state index contributed by atoms with van der Waals surface area (Å²) in [5.41, 5.74) is 0. The predicted octanol–water partition coefficient (Wildman–Crippen LogP) is 0.798. The predicted molar refractivity (Wildman–Crippen MR) is 60.3 cm³/mol. The molecule has 0 heterocycles. The van der Waals surface area contributed by atoms with Crippen molar-refractivity contribution in [3.63, 3.8) is 0 Å². The monoisotopic (exact) mass is 439 g/mol. The van der Waals surface area contributed by atoms with Gasteiger partial charge in [0.05, 0.1) is 0 Å². The van der Waals surface area contributed by atoms with Crippen LogP contribution in [0.15, 0.2) is 0 Å². The normalized spacial score (nSPS) is 9.23. The second-order valence-electron chi connectivity index (χ2n) is 1.49. The van der Waals surface area contributed by atoms with Crippen molar-refractivity contribution in [3.05, 3.63) is 0 Å². The summed E-state index contributed by atoms with van der Waals surface area (Å²) in [5.74, 6) is 0. The average Bonchev–Trinajstić information content (AvgIpc) is 1.87. The van der Waals surface area contributed by atoms with Gasteiger partial charge in [0, 0.05) is 13.2 Å². The minimum Gasteiger partial charge on any atom is -0.788 e. The minimum atomic E-state index is -0.435. The third-order valence-corrected chi connectivity index (χ3v) is 1.15. The Hall–Kier alpha value is 2.01. The van der Waals surface area contributed by atoms with Crippen molar-refractivity contribution in [2.24, 2.45) is 0 Å². The standard InChI is InChI=1S/2C3H8OS2.Pt/c2*1-2-4-3(5)6;/h2*3,5-6H,2H2,1H3;/q;;+4/p-4. The van der Waals surface area contributed by atoms with Gasteiger partial charge in [-0.3, -0.25) is 0 Å². The van der Waals surface area contributed by atoms with Gasteiger partial charge in [-0.05, 0) is 13.8 Å². The summed E-state index contributed by atoms with van der Waals surface area (Å²) in [6, 6.07) is 0. The third-order valence-electron chi connectivity index (χ3n) is 0.605. The molecule has 0 spiro atoms. The first-order valence-corrected chi connectivity index (χ1v) is 5.29. The van der Waals surface area contributed by atoms with Gasteiger partial charge in [0.1, 0.15) is 0 Å². The van der Waals surface area contributed by atoms with Crippen molar-refractivity contribution >= 4 is 50.5 Å². The first kappa shape index (κ1) is 20.4. The summed E-state index contributed by atoms with van der Waals surface area (Å²) in [6.45, 7) is 4.98. The molecule has 82 valence electrons. The fraction of sp³-hybridized carbons (Fsp3) is 1.00. The summed E-state index contributed by atoms with van der Waals surface area (Å²) < 4.78 is 8.47. The molecule has 0 saturated heterocycles. The Balaban J connectivity index is -0.000000143. The molecule has 0 N–H and O–H groups in total. The van der Waals surface area contributed by atoms with Crippen LogP contribution in [-0.2, 0) is 81.1 Å². The van der Waals surface area contributed by atoms with E-state index in [1.807, 2.05) is 13.8 Å². The van der Waals surface area contributed by atoms with E-state index >= 15 is 0 Å². The van der Waals surface area contributed by atoms with Crippen molar-refractivity contribution in [2.75, 3.05) is 13.2 Å². The molecule has 0 bridgehead atoms. The molecule has 2 nitrogen and oxygen atoms in total. The van der Waals surface area contributed by atoms with Gasteiger partial charge in [0.25, 0.3) is 0 Å². The molecule has 0 unspecified atom stereocenters. The molecule has 0 amide bonds. The molecule has 0 fully saturated rings. The molecule has 0 atom stereocenters. The van der Waals surface area contributed by atoms with Crippen molar-refractivity contribution in [2.45, 2.75) is 23.4 Å². The van der Waals surface area contributed by atoms with E-state index in [4.69, 9.17) is 0 Å². The number of hydrogen-bond acceptors (Lipinski definition) is 6. The fourth-order valence-corrected chi connectivity index (χ4v) is 0.816. The van der Waals surface area contributed by atoms with Crippen LogP contribution in [0.4, 0.5) is 0 Å². The summed E-state index contributed by atoms with van der Waals surface area (Å²) >= 11 is 17.9. The second-order valence-corrected chi connectivity index (χ2v) is 3.80. The first-order valence-electron chi connectivity index (χ1n) is 3.41. The molecule has 0 radical (unpaired) electrons. The van der Waals surface area contributed by atoms with Crippen LogP contribution in [0, 0.1) is 0 Å². The topological polar surface area (TPSA) is 18.5 Å². The molecule has 0 rings (SSSR count). The molecule has 0 aliphatic carbocycles. The maximum atomic E-state index is 4.67. The van der Waals surface area contributed by atoms with E-state index in [0.717, 1.165) is 0 Å². The van der Waals surface area contributed by atoms with Crippen LogP contribution in [0.1, 0.15) is 13.8 Å². The fourth-order valence-electron chi connectivity index (χ4n) is 0.272. The molecule has 13 heavy (non-hydrogen) atoms. The van der Waals surface area contributed by atoms with E-state index in [2.05, 4.69) is 60.0 Å². The maximum Gasteiger partial charge on any atom is 4.00 e. The molecule has 0 aliphatic heterocycles. The molecule has 0 aromatic heterocycles. The Morgan fingerprint density at radius 3 is 1.08 bits per heavy atom. The number of hydrogen-bond donors (Lipinski definition) is 0. The van der Waals surface area contributed by atoms with Crippen molar-refractivity contribution < 1.29 is 30.5 Å². The van der Waals surface area contributed by atoms with Crippen LogP contribution in [0.5, 0.6) is 0 Å². The van der Waals surface area contributed by atoms with E-state index in [9.17, 15) is 0 Å². The Kier molecular flexibility index (Phi) is 25.8. The Morgan fingerprint density at radius 2 is 1.08 bits per heavy atom. The van der Waals surface area contributed by atoms with Gasteiger partial charge in [-0.2, -0.15) is 9.54 Å². The van der Waals surface area contributed by atoms with Gasteiger partial charge in [-0.25, -0.2) is 0 Å². The third kappa shape index (κ3) is 31.5. The smallest absolute Gasteiger partial charge is 0.788 e. The molecule has 0 aliphatic rings. The molecule has 0 aromatic rings. The van der Waals surface area contributed by atoms with Gasteiger partial charge in [0.15, 0.2) is 0 Å². The average molecular weight is 440 g/mol. The second kappa shape index (κ2) is 16.4. The first-order chi connectivity index (χ1) is 5.54. The Bertz CT molecular complexity index is 75.0. The van der Waals surface area contributed by atoms with Crippen molar-refractivity contribution in [1.29, 1.82) is 0 Å². The number of ether oxygens (including phenoxy) is 2. The molecule has 0 saturated carbocycles. The van der Waals surface area contributed by atoms with Crippen LogP contribution < -0.4 is 0 Å². The number of rotatable bonds is 4. The van der Waals surface area contributed by atoms with Gasteiger partial charge >= 0.3 is 21.1 Å². The zero-order valence-corrected chi connectivity index (χ0v) is 12.9. The summed E-state index contributed by atoms with van der Waals surface area (Å²) in [7, 11) is 0. The summed E-state index contributed by atoms with van der Waals surface area (Å²) in [4.78, 5) is 0. The van der Waals surface area contributed by atoms with E-state index in [1.54, 1.807) is 0 Å². The van der Waals surface area contributed by atoms with Crippen molar-refractivity contribution in [1.82, 2.24) is 0 Å². The minimum absolute atomic E-state index is 0. The van der Waals surface area contributed by atoms with E-state index < -0.39 is 9.54 Å². The summed E-state index contributed by atoms with van der Waals surface area (Å²) in [5, 5.41) is 0. The van der Waals surface area contributed by atoms with E-state index in [-0.39, 0.29) is 21.1 Å².